The number of hydrogen-bond acceptors (Lipinski definition) is 2. The Morgan fingerprint density at radius 1 is 1.53 bits per heavy atom. The van der Waals surface area contributed by atoms with Crippen LogP contribution < -0.4 is 5.32 Å². The number of aryl methyl sites for hydroxylation is 1. The standard InChI is InChI=1S/C11H12BrNO2/c1-7-2-3-8(12)4-9(7)10-5-13-11(14)6-15-10/h2-4,10H,5-6H2,1H3,(H,13,14)/t10-/m1/s1. The number of benzene rings is 1. The van der Waals surface area contributed by atoms with Crippen LogP contribution in [0.4, 0.5) is 0 Å². The Labute approximate surface area is 96.9 Å². The van der Waals surface area contributed by atoms with Crippen LogP contribution in [0.5, 0.6) is 0 Å². The molecule has 1 saturated heterocycles. The number of halogens is 1. The Bertz CT molecular complexity index is 382. The monoisotopic (exact) mass is 269 g/mol. The van der Waals surface area contributed by atoms with Gasteiger partial charge in [-0.1, -0.05) is 22.0 Å². The number of carbonyl (C=O) groups excluding carboxylic acids is 1. The Kier molecular flexibility index (Phi) is 3.07. The van der Waals surface area contributed by atoms with Crippen molar-refractivity contribution in [2.75, 3.05) is 13.2 Å². The molecular weight excluding hydrogens is 258 g/mol. The zero-order valence-corrected chi connectivity index (χ0v) is 10.0. The summed E-state index contributed by atoms with van der Waals surface area (Å²) in [4.78, 5) is 10.9. The largest absolute Gasteiger partial charge is 0.362 e. The second-order valence-corrected chi connectivity index (χ2v) is 4.52. The third-order valence-electron chi connectivity index (χ3n) is 2.49. The fourth-order valence-electron chi connectivity index (χ4n) is 1.65. The SMILES string of the molecule is Cc1ccc(Br)cc1[C@H]1CNC(=O)CO1. The molecule has 0 saturated carbocycles. The van der Waals surface area contributed by atoms with Crippen LogP contribution in [0, 0.1) is 6.92 Å². The van der Waals surface area contributed by atoms with Gasteiger partial charge >= 0.3 is 0 Å². The van der Waals surface area contributed by atoms with Gasteiger partial charge in [0, 0.05) is 11.0 Å². The first-order chi connectivity index (χ1) is 7.16. The van der Waals surface area contributed by atoms with Gasteiger partial charge in [-0.2, -0.15) is 0 Å². The molecule has 0 radical (unpaired) electrons. The number of rotatable bonds is 1. The number of hydrogen-bond donors (Lipinski definition) is 1. The quantitative estimate of drug-likeness (QED) is 0.847. The molecule has 1 aromatic rings. The third kappa shape index (κ3) is 2.38. The fourth-order valence-corrected chi connectivity index (χ4v) is 2.03. The van der Waals surface area contributed by atoms with E-state index in [0.717, 1.165) is 10.0 Å². The van der Waals surface area contributed by atoms with E-state index in [0.29, 0.717) is 6.54 Å². The first-order valence-electron chi connectivity index (χ1n) is 4.81. The molecule has 0 unspecified atom stereocenters. The molecule has 1 amide bonds. The molecule has 15 heavy (non-hydrogen) atoms. The molecule has 0 bridgehead atoms. The van der Waals surface area contributed by atoms with Crippen molar-refractivity contribution < 1.29 is 9.53 Å². The van der Waals surface area contributed by atoms with Crippen LogP contribution in [-0.2, 0) is 9.53 Å². The maximum Gasteiger partial charge on any atom is 0.246 e. The number of morpholine rings is 1. The van der Waals surface area contributed by atoms with E-state index in [1.54, 1.807) is 0 Å². The van der Waals surface area contributed by atoms with E-state index < -0.39 is 0 Å². The zero-order chi connectivity index (χ0) is 10.8. The van der Waals surface area contributed by atoms with E-state index in [2.05, 4.69) is 21.2 Å². The van der Waals surface area contributed by atoms with Gasteiger partial charge in [-0.3, -0.25) is 4.79 Å². The molecule has 1 fully saturated rings. The Morgan fingerprint density at radius 2 is 2.33 bits per heavy atom. The van der Waals surface area contributed by atoms with Crippen LogP contribution in [0.3, 0.4) is 0 Å². The lowest BCUT2D eigenvalue weighted by molar-refractivity contribution is -0.133. The fraction of sp³-hybridized carbons (Fsp3) is 0.364. The van der Waals surface area contributed by atoms with E-state index in [1.165, 1.54) is 5.56 Å². The summed E-state index contributed by atoms with van der Waals surface area (Å²) in [6.45, 7) is 2.74. The molecule has 1 aliphatic heterocycles. The van der Waals surface area contributed by atoms with Crippen molar-refractivity contribution in [3.8, 4) is 0 Å². The molecule has 1 N–H and O–H groups in total. The predicted octanol–water partition coefficient (Wildman–Crippen LogP) is 1.95. The highest BCUT2D eigenvalue weighted by Crippen LogP contribution is 2.25. The molecule has 1 atom stereocenters. The first kappa shape index (κ1) is 10.6. The topological polar surface area (TPSA) is 38.3 Å². The van der Waals surface area contributed by atoms with Crippen LogP contribution >= 0.6 is 15.9 Å². The van der Waals surface area contributed by atoms with Crippen LogP contribution in [0.2, 0.25) is 0 Å². The normalized spacial score (nSPS) is 21.2. The van der Waals surface area contributed by atoms with Gasteiger partial charge in [-0.05, 0) is 30.2 Å². The van der Waals surface area contributed by atoms with Gasteiger partial charge < -0.3 is 10.1 Å². The summed E-state index contributed by atoms with van der Waals surface area (Å²) in [5.41, 5.74) is 2.31. The van der Waals surface area contributed by atoms with Crippen molar-refractivity contribution >= 4 is 21.8 Å². The van der Waals surface area contributed by atoms with Gasteiger partial charge in [0.25, 0.3) is 0 Å². The van der Waals surface area contributed by atoms with Crippen molar-refractivity contribution in [2.45, 2.75) is 13.0 Å². The molecule has 3 nitrogen and oxygen atoms in total. The second-order valence-electron chi connectivity index (χ2n) is 3.60. The Hall–Kier alpha value is -0.870. The summed E-state index contributed by atoms with van der Waals surface area (Å²) in [7, 11) is 0. The van der Waals surface area contributed by atoms with Gasteiger partial charge in [0.1, 0.15) is 12.7 Å². The Balaban J connectivity index is 2.21. The van der Waals surface area contributed by atoms with E-state index >= 15 is 0 Å². The summed E-state index contributed by atoms with van der Waals surface area (Å²) >= 11 is 3.43. The minimum atomic E-state index is -0.0427. The zero-order valence-electron chi connectivity index (χ0n) is 8.42. The Morgan fingerprint density at radius 3 is 3.00 bits per heavy atom. The highest BCUT2D eigenvalue weighted by atomic mass is 79.9. The third-order valence-corrected chi connectivity index (χ3v) is 2.98. The number of carbonyl (C=O) groups is 1. The molecule has 1 aromatic carbocycles. The van der Waals surface area contributed by atoms with Crippen molar-refractivity contribution in [1.82, 2.24) is 5.32 Å². The first-order valence-corrected chi connectivity index (χ1v) is 5.60. The summed E-state index contributed by atoms with van der Waals surface area (Å²) < 4.78 is 6.51. The van der Waals surface area contributed by atoms with Crippen LogP contribution in [-0.4, -0.2) is 19.1 Å². The molecule has 4 heteroatoms. The van der Waals surface area contributed by atoms with Crippen LogP contribution in [0.25, 0.3) is 0 Å². The number of nitrogens with one attached hydrogen (secondary N) is 1. The molecule has 1 aliphatic rings. The van der Waals surface area contributed by atoms with Crippen molar-refractivity contribution in [2.24, 2.45) is 0 Å². The van der Waals surface area contributed by atoms with Gasteiger partial charge in [0.2, 0.25) is 5.91 Å². The predicted molar refractivity (Wildman–Crippen MR) is 60.6 cm³/mol. The van der Waals surface area contributed by atoms with E-state index in [-0.39, 0.29) is 18.6 Å². The summed E-state index contributed by atoms with van der Waals surface area (Å²) in [6, 6.07) is 6.08. The van der Waals surface area contributed by atoms with Crippen molar-refractivity contribution in [3.63, 3.8) is 0 Å². The van der Waals surface area contributed by atoms with E-state index in [9.17, 15) is 4.79 Å². The van der Waals surface area contributed by atoms with E-state index in [1.807, 2.05) is 25.1 Å². The molecule has 0 spiro atoms. The highest BCUT2D eigenvalue weighted by molar-refractivity contribution is 9.10. The summed E-state index contributed by atoms with van der Waals surface area (Å²) in [6.07, 6.45) is -0.0276. The minimum absolute atomic E-state index is 0.0276. The molecule has 0 aliphatic carbocycles. The van der Waals surface area contributed by atoms with Gasteiger partial charge in [0.15, 0.2) is 0 Å². The van der Waals surface area contributed by atoms with Crippen LogP contribution in [0.1, 0.15) is 17.2 Å². The average molecular weight is 270 g/mol. The lowest BCUT2D eigenvalue weighted by Gasteiger charge is -2.24. The van der Waals surface area contributed by atoms with E-state index in [4.69, 9.17) is 4.74 Å². The molecule has 1 heterocycles. The van der Waals surface area contributed by atoms with Gasteiger partial charge in [0.05, 0.1) is 0 Å². The van der Waals surface area contributed by atoms with Gasteiger partial charge in [-0.15, -0.1) is 0 Å². The lowest BCUT2D eigenvalue weighted by atomic mass is 10.0. The average Bonchev–Trinajstić information content (AvgIpc) is 2.23. The van der Waals surface area contributed by atoms with Crippen LogP contribution in [0.15, 0.2) is 22.7 Å². The van der Waals surface area contributed by atoms with Gasteiger partial charge in [-0.25, -0.2) is 0 Å². The highest BCUT2D eigenvalue weighted by Gasteiger charge is 2.21. The molecular formula is C11H12BrNO2. The second kappa shape index (κ2) is 4.33. The summed E-state index contributed by atoms with van der Waals surface area (Å²) in [5.74, 6) is -0.0427. The van der Waals surface area contributed by atoms with Crippen molar-refractivity contribution in [3.05, 3.63) is 33.8 Å². The molecule has 2 rings (SSSR count). The maximum atomic E-state index is 10.9. The molecule has 0 aromatic heterocycles. The number of amides is 1. The number of ether oxygens (including phenoxy) is 1. The maximum absolute atomic E-state index is 10.9. The summed E-state index contributed by atoms with van der Waals surface area (Å²) in [5, 5.41) is 2.80. The lowest BCUT2D eigenvalue weighted by Crippen LogP contribution is -2.38. The van der Waals surface area contributed by atoms with Crippen molar-refractivity contribution in [1.29, 1.82) is 0 Å². The smallest absolute Gasteiger partial charge is 0.246 e. The molecule has 80 valence electrons. The minimum Gasteiger partial charge on any atom is -0.362 e.